The molecule has 0 aromatic rings. The Morgan fingerprint density at radius 2 is 1.35 bits per heavy atom. The molecule has 0 saturated heterocycles. The third kappa shape index (κ3) is 2.37. The Labute approximate surface area is 166 Å². The minimum absolute atomic E-state index is 0.0515. The maximum absolute atomic E-state index is 13.6. The summed E-state index contributed by atoms with van der Waals surface area (Å²) < 4.78 is 0.276. The first-order valence-corrected chi connectivity index (χ1v) is 12.1. The van der Waals surface area contributed by atoms with Crippen molar-refractivity contribution in [1.29, 1.82) is 0 Å². The molecule has 8 saturated carbocycles. The van der Waals surface area contributed by atoms with Gasteiger partial charge < -0.3 is 5.32 Å². The molecule has 0 aromatic heterocycles. The second-order valence-corrected chi connectivity index (χ2v) is 13.5. The van der Waals surface area contributed by atoms with Crippen molar-refractivity contribution in [2.45, 2.75) is 94.3 Å². The molecule has 8 bridgehead atoms. The summed E-state index contributed by atoms with van der Waals surface area (Å²) >= 11 is 4.08. The molecule has 0 aromatic carbocycles. The van der Waals surface area contributed by atoms with Crippen LogP contribution in [0.5, 0.6) is 0 Å². The maximum Gasteiger partial charge on any atom is 0.226 e. The fraction of sp³-hybridized carbons (Fsp3) is 0.957. The third-order valence-electron chi connectivity index (χ3n) is 9.82. The van der Waals surface area contributed by atoms with Crippen molar-refractivity contribution in [2.24, 2.45) is 40.4 Å². The average Bonchev–Trinajstić information content (AvgIpc) is 2.51. The molecule has 1 N–H and O–H groups in total. The average molecular weight is 420 g/mol. The van der Waals surface area contributed by atoms with Crippen molar-refractivity contribution in [3.63, 3.8) is 0 Å². The molecule has 144 valence electrons. The van der Waals surface area contributed by atoms with Crippen molar-refractivity contribution in [1.82, 2.24) is 5.32 Å². The molecular weight excluding hydrogens is 386 g/mol. The van der Waals surface area contributed by atoms with E-state index < -0.39 is 0 Å². The first-order chi connectivity index (χ1) is 12.4. The number of amides is 1. The first kappa shape index (κ1) is 16.9. The lowest BCUT2D eigenvalue weighted by molar-refractivity contribution is -0.148. The van der Waals surface area contributed by atoms with Crippen LogP contribution in [-0.4, -0.2) is 16.3 Å². The highest BCUT2D eigenvalue weighted by atomic mass is 79.9. The minimum Gasteiger partial charge on any atom is -0.353 e. The zero-order chi connectivity index (χ0) is 17.7. The lowest BCUT2D eigenvalue weighted by Gasteiger charge is -2.61. The van der Waals surface area contributed by atoms with Gasteiger partial charge in [0.2, 0.25) is 5.91 Å². The summed E-state index contributed by atoms with van der Waals surface area (Å²) in [6.07, 6.45) is 16.0. The van der Waals surface area contributed by atoms with Crippen molar-refractivity contribution in [2.75, 3.05) is 0 Å². The summed E-state index contributed by atoms with van der Waals surface area (Å²) in [5.41, 5.74) is 0.378. The second-order valence-electron chi connectivity index (χ2n) is 11.9. The standard InChI is InChI=1S/C23H34BrNO/c1-14(21-6-15-2-16(7-21)4-17(3-15)8-21)25-20(26)22-9-18-5-19(10-22)12-23(24,11-18)13-22/h14-19H,2-13H2,1H3,(H,25,26)/t14-,15?,16?,17?,18+,19+,21?,22?,23?/m1/s1. The van der Waals surface area contributed by atoms with Gasteiger partial charge in [0.1, 0.15) is 0 Å². The number of halogens is 1. The van der Waals surface area contributed by atoms with Crippen LogP contribution in [0.2, 0.25) is 0 Å². The normalized spacial score (nSPS) is 57.4. The molecule has 0 aliphatic heterocycles. The van der Waals surface area contributed by atoms with E-state index in [0.717, 1.165) is 48.9 Å². The summed E-state index contributed by atoms with van der Waals surface area (Å²) in [4.78, 5) is 13.6. The number of hydrogen-bond donors (Lipinski definition) is 1. The van der Waals surface area contributed by atoms with E-state index in [0.29, 0.717) is 17.4 Å². The fourth-order valence-electron chi connectivity index (χ4n) is 9.63. The molecule has 0 spiro atoms. The molecule has 8 rings (SSSR count). The maximum atomic E-state index is 13.6. The van der Waals surface area contributed by atoms with E-state index in [2.05, 4.69) is 28.2 Å². The molecule has 8 fully saturated rings. The van der Waals surface area contributed by atoms with Gasteiger partial charge in [0, 0.05) is 10.4 Å². The predicted octanol–water partition coefficient (Wildman–Crippen LogP) is 5.44. The van der Waals surface area contributed by atoms with Crippen LogP contribution >= 0.6 is 15.9 Å². The van der Waals surface area contributed by atoms with E-state index in [-0.39, 0.29) is 9.74 Å². The molecule has 2 nitrogen and oxygen atoms in total. The lowest BCUT2D eigenvalue weighted by Crippen LogP contribution is -2.62. The molecule has 3 atom stereocenters. The summed E-state index contributed by atoms with van der Waals surface area (Å²) in [6, 6.07) is 0.377. The third-order valence-corrected chi connectivity index (χ3v) is 10.8. The highest BCUT2D eigenvalue weighted by molar-refractivity contribution is 9.10. The largest absolute Gasteiger partial charge is 0.353 e. The first-order valence-electron chi connectivity index (χ1n) is 11.4. The summed E-state index contributed by atoms with van der Waals surface area (Å²) in [5.74, 6) is 4.90. The number of hydrogen-bond acceptors (Lipinski definition) is 1. The fourth-order valence-corrected chi connectivity index (χ4v) is 11.1. The van der Waals surface area contributed by atoms with Gasteiger partial charge in [0.05, 0.1) is 5.41 Å². The number of rotatable bonds is 3. The zero-order valence-corrected chi connectivity index (χ0v) is 17.8. The SMILES string of the molecule is C[C@@H](NC(=O)C12C[C@@H]3C[C@H](CC(Br)(C3)C1)C2)C12CC3CC(CC(C3)C1)C2. The van der Waals surface area contributed by atoms with E-state index in [1.165, 1.54) is 57.8 Å². The predicted molar refractivity (Wildman–Crippen MR) is 107 cm³/mol. The van der Waals surface area contributed by atoms with Gasteiger partial charge in [0.15, 0.2) is 0 Å². The Morgan fingerprint density at radius 3 is 1.85 bits per heavy atom. The Balaban J connectivity index is 1.22. The van der Waals surface area contributed by atoms with Crippen molar-refractivity contribution >= 4 is 21.8 Å². The Bertz CT molecular complexity index is 593. The second kappa shape index (κ2) is 5.30. The van der Waals surface area contributed by atoms with Gasteiger partial charge >= 0.3 is 0 Å². The van der Waals surface area contributed by atoms with Gasteiger partial charge in [-0.05, 0) is 119 Å². The van der Waals surface area contributed by atoms with E-state index >= 15 is 0 Å². The highest BCUT2D eigenvalue weighted by Crippen LogP contribution is 2.65. The number of nitrogens with one attached hydrogen (secondary N) is 1. The van der Waals surface area contributed by atoms with Gasteiger partial charge in [-0.2, -0.15) is 0 Å². The molecule has 1 amide bonds. The summed E-state index contributed by atoms with van der Waals surface area (Å²) in [6.45, 7) is 2.36. The van der Waals surface area contributed by atoms with Crippen molar-refractivity contribution < 1.29 is 4.79 Å². The summed E-state index contributed by atoms with van der Waals surface area (Å²) in [5, 5.41) is 3.65. The molecule has 0 unspecified atom stereocenters. The number of carbonyl (C=O) groups is 1. The topological polar surface area (TPSA) is 29.1 Å². The van der Waals surface area contributed by atoms with E-state index in [1.54, 1.807) is 0 Å². The van der Waals surface area contributed by atoms with Crippen molar-refractivity contribution in [3.05, 3.63) is 0 Å². The van der Waals surface area contributed by atoms with E-state index in [1.807, 2.05) is 0 Å². The quantitative estimate of drug-likeness (QED) is 0.605. The molecule has 8 aliphatic rings. The molecule has 8 aliphatic carbocycles. The van der Waals surface area contributed by atoms with Crippen LogP contribution in [0.25, 0.3) is 0 Å². The monoisotopic (exact) mass is 419 g/mol. The van der Waals surface area contributed by atoms with Crippen LogP contribution in [0.3, 0.4) is 0 Å². The molecule has 26 heavy (non-hydrogen) atoms. The Morgan fingerprint density at radius 1 is 0.846 bits per heavy atom. The number of alkyl halides is 1. The Kier molecular flexibility index (Phi) is 3.44. The smallest absolute Gasteiger partial charge is 0.226 e. The molecular formula is C23H34BrNO. The van der Waals surface area contributed by atoms with Gasteiger partial charge in [-0.1, -0.05) is 15.9 Å². The van der Waals surface area contributed by atoms with Crippen LogP contribution in [0.15, 0.2) is 0 Å². The summed E-state index contributed by atoms with van der Waals surface area (Å²) in [7, 11) is 0. The molecule has 3 heteroatoms. The zero-order valence-electron chi connectivity index (χ0n) is 16.2. The van der Waals surface area contributed by atoms with Gasteiger partial charge in [0.25, 0.3) is 0 Å². The minimum atomic E-state index is -0.0515. The van der Waals surface area contributed by atoms with Gasteiger partial charge in [-0.15, -0.1) is 0 Å². The van der Waals surface area contributed by atoms with Crippen LogP contribution in [0.1, 0.15) is 84.0 Å². The van der Waals surface area contributed by atoms with Gasteiger partial charge in [-0.3, -0.25) is 4.79 Å². The van der Waals surface area contributed by atoms with Gasteiger partial charge in [-0.25, -0.2) is 0 Å². The van der Waals surface area contributed by atoms with Crippen LogP contribution < -0.4 is 5.32 Å². The lowest BCUT2D eigenvalue weighted by atomic mass is 9.47. The van der Waals surface area contributed by atoms with Crippen LogP contribution in [0, 0.1) is 40.4 Å². The van der Waals surface area contributed by atoms with Crippen molar-refractivity contribution in [3.8, 4) is 0 Å². The van der Waals surface area contributed by atoms with Crippen LogP contribution in [0.4, 0.5) is 0 Å². The van der Waals surface area contributed by atoms with E-state index in [4.69, 9.17) is 0 Å². The molecule has 0 heterocycles. The Hall–Kier alpha value is -0.0500. The van der Waals surface area contributed by atoms with E-state index in [9.17, 15) is 4.79 Å². The highest BCUT2D eigenvalue weighted by Gasteiger charge is 2.60. The van der Waals surface area contributed by atoms with Crippen LogP contribution in [-0.2, 0) is 4.79 Å². The number of carbonyl (C=O) groups excluding carboxylic acids is 1. The molecule has 0 radical (unpaired) electrons.